The molecular weight excluding hydrogens is 236 g/mol. The highest BCUT2D eigenvalue weighted by Crippen LogP contribution is 2.02. The lowest BCUT2D eigenvalue weighted by molar-refractivity contribution is -0.133. The Hall–Kier alpha value is -0.653. The van der Waals surface area contributed by atoms with Crippen LogP contribution in [0, 0.1) is 0 Å². The van der Waals surface area contributed by atoms with E-state index in [9.17, 15) is 4.79 Å². The molecule has 0 aliphatic carbocycles. The van der Waals surface area contributed by atoms with Crippen LogP contribution >= 0.6 is 0 Å². The summed E-state index contributed by atoms with van der Waals surface area (Å²) in [4.78, 5) is 11.6. The summed E-state index contributed by atoms with van der Waals surface area (Å²) < 4.78 is 15.7. The second-order valence-corrected chi connectivity index (χ2v) is 4.34. The van der Waals surface area contributed by atoms with Crippen molar-refractivity contribution in [1.29, 1.82) is 0 Å². The summed E-state index contributed by atoms with van der Waals surface area (Å²) in [6, 6.07) is 0. The second kappa shape index (κ2) is 10.5. The maximum atomic E-state index is 11.6. The van der Waals surface area contributed by atoms with Gasteiger partial charge < -0.3 is 13.9 Å². The third kappa shape index (κ3) is 8.12. The molecule has 0 saturated heterocycles. The van der Waals surface area contributed by atoms with E-state index < -0.39 is 5.91 Å². The van der Waals surface area contributed by atoms with E-state index in [0.717, 1.165) is 12.8 Å². The molecule has 0 atom stereocenters. The van der Waals surface area contributed by atoms with Crippen molar-refractivity contribution in [3.8, 4) is 0 Å². The number of allylic oxidation sites excluding steroid dienone is 1. The lowest BCUT2D eigenvalue weighted by atomic mass is 10.2. The zero-order valence-corrected chi connectivity index (χ0v) is 12.1. The predicted molar refractivity (Wildman–Crippen MR) is 67.6 cm³/mol. The van der Waals surface area contributed by atoms with Crippen molar-refractivity contribution in [2.75, 3.05) is 13.2 Å². The molecule has 0 spiro atoms. The molecule has 0 aliphatic rings. The molecule has 0 amide bonds. The van der Waals surface area contributed by atoms with Gasteiger partial charge in [-0.05, 0) is 27.2 Å². The molecule has 0 aromatic rings. The van der Waals surface area contributed by atoms with Crippen LogP contribution in [0.1, 0.15) is 40.5 Å². The van der Waals surface area contributed by atoms with E-state index >= 15 is 0 Å². The SMILES string of the molecule is CCCC=C(C)C(=O)O[Si]C(OCC)OCC. The van der Waals surface area contributed by atoms with Crippen LogP contribution < -0.4 is 0 Å². The Labute approximate surface area is 106 Å². The summed E-state index contributed by atoms with van der Waals surface area (Å²) in [5.74, 6) is -0.728. The molecule has 4 nitrogen and oxygen atoms in total. The Morgan fingerprint density at radius 2 is 1.82 bits per heavy atom. The quantitative estimate of drug-likeness (QED) is 0.361. The van der Waals surface area contributed by atoms with Crippen LogP contribution in [-0.4, -0.2) is 34.9 Å². The standard InChI is InChI=1S/C12H22O4Si/c1-5-8-9-10(4)11(13)16-17-12(14-6-2)15-7-3/h9,12H,5-8H2,1-4H3. The molecule has 0 fully saturated rings. The third-order valence-corrected chi connectivity index (χ3v) is 2.77. The van der Waals surface area contributed by atoms with E-state index in [4.69, 9.17) is 13.9 Å². The zero-order valence-electron chi connectivity index (χ0n) is 11.1. The van der Waals surface area contributed by atoms with Crippen LogP contribution in [0.25, 0.3) is 0 Å². The van der Waals surface area contributed by atoms with Gasteiger partial charge in [0.1, 0.15) is 0 Å². The summed E-state index contributed by atoms with van der Waals surface area (Å²) in [6.07, 6.45) is 3.81. The van der Waals surface area contributed by atoms with Crippen molar-refractivity contribution in [1.82, 2.24) is 0 Å². The normalized spacial score (nSPS) is 11.9. The Kier molecular flexibility index (Phi) is 10.1. The van der Waals surface area contributed by atoms with E-state index in [0.29, 0.717) is 18.8 Å². The monoisotopic (exact) mass is 258 g/mol. The molecule has 0 N–H and O–H groups in total. The number of hydrogen-bond acceptors (Lipinski definition) is 4. The van der Waals surface area contributed by atoms with Crippen LogP contribution in [0.3, 0.4) is 0 Å². The van der Waals surface area contributed by atoms with E-state index in [2.05, 4.69) is 6.92 Å². The summed E-state index contributed by atoms with van der Waals surface area (Å²) in [6.45, 7) is 8.67. The van der Waals surface area contributed by atoms with Crippen molar-refractivity contribution < 1.29 is 18.7 Å². The van der Waals surface area contributed by atoms with E-state index in [-0.39, 0.29) is 15.7 Å². The van der Waals surface area contributed by atoms with Crippen molar-refractivity contribution in [2.45, 2.75) is 46.4 Å². The molecule has 2 radical (unpaired) electrons. The van der Waals surface area contributed by atoms with Crippen LogP contribution in [0.2, 0.25) is 0 Å². The third-order valence-electron chi connectivity index (χ3n) is 1.95. The molecule has 17 heavy (non-hydrogen) atoms. The molecule has 0 aromatic carbocycles. The molecule has 0 heterocycles. The highest BCUT2D eigenvalue weighted by atomic mass is 28.2. The fourth-order valence-corrected chi connectivity index (χ4v) is 1.88. The highest BCUT2D eigenvalue weighted by Gasteiger charge is 2.15. The first kappa shape index (κ1) is 16.3. The number of carbonyl (C=O) groups excluding carboxylic acids is 1. The van der Waals surface area contributed by atoms with Gasteiger partial charge in [-0.15, -0.1) is 0 Å². The molecule has 0 rings (SSSR count). The summed E-state index contributed by atoms with van der Waals surface area (Å²) in [5.41, 5.74) is 0.645. The fraction of sp³-hybridized carbons (Fsp3) is 0.750. The topological polar surface area (TPSA) is 44.8 Å². The highest BCUT2D eigenvalue weighted by molar-refractivity contribution is 6.32. The van der Waals surface area contributed by atoms with Gasteiger partial charge in [-0.25, -0.2) is 4.79 Å². The van der Waals surface area contributed by atoms with Crippen LogP contribution in [0.4, 0.5) is 0 Å². The molecule has 0 aliphatic heterocycles. The van der Waals surface area contributed by atoms with Gasteiger partial charge in [0.2, 0.25) is 0 Å². The van der Waals surface area contributed by atoms with E-state index in [1.165, 1.54) is 0 Å². The Morgan fingerprint density at radius 3 is 2.29 bits per heavy atom. The van der Waals surface area contributed by atoms with Gasteiger partial charge >= 0.3 is 15.7 Å². The molecule has 5 heteroatoms. The molecule has 0 aromatic heterocycles. The van der Waals surface area contributed by atoms with Gasteiger partial charge in [-0.2, -0.15) is 0 Å². The largest absolute Gasteiger partial charge is 0.507 e. The molecular formula is C12H22O4Si. The maximum absolute atomic E-state index is 11.6. The van der Waals surface area contributed by atoms with Crippen molar-refractivity contribution in [3.63, 3.8) is 0 Å². The van der Waals surface area contributed by atoms with Crippen molar-refractivity contribution in [3.05, 3.63) is 11.6 Å². The average molecular weight is 258 g/mol. The van der Waals surface area contributed by atoms with Gasteiger partial charge in [-0.1, -0.05) is 19.4 Å². The van der Waals surface area contributed by atoms with Crippen LogP contribution in [-0.2, 0) is 18.7 Å². The van der Waals surface area contributed by atoms with Crippen molar-refractivity contribution in [2.24, 2.45) is 0 Å². The molecule has 98 valence electrons. The minimum Gasteiger partial charge on any atom is -0.507 e. The van der Waals surface area contributed by atoms with Crippen LogP contribution in [0.5, 0.6) is 0 Å². The zero-order chi connectivity index (χ0) is 13.1. The molecule has 0 saturated carbocycles. The number of ether oxygens (including phenoxy) is 2. The first-order valence-electron chi connectivity index (χ1n) is 6.02. The maximum Gasteiger partial charge on any atom is 0.380 e. The minimum absolute atomic E-state index is 0.120. The Bertz CT molecular complexity index is 235. The number of rotatable bonds is 9. The number of hydrogen-bond donors (Lipinski definition) is 0. The summed E-state index contributed by atoms with van der Waals surface area (Å²) in [7, 11) is -0.120. The van der Waals surface area contributed by atoms with E-state index in [1.807, 2.05) is 19.9 Å². The van der Waals surface area contributed by atoms with Crippen LogP contribution in [0.15, 0.2) is 11.6 Å². The first-order chi connectivity index (χ1) is 8.15. The number of carbonyl (C=O) groups is 1. The Morgan fingerprint density at radius 1 is 1.24 bits per heavy atom. The average Bonchev–Trinajstić information content (AvgIpc) is 2.33. The predicted octanol–water partition coefficient (Wildman–Crippen LogP) is 2.25. The first-order valence-corrected chi connectivity index (χ1v) is 7.00. The lowest BCUT2D eigenvalue weighted by Gasteiger charge is -2.14. The smallest absolute Gasteiger partial charge is 0.380 e. The minimum atomic E-state index is -0.437. The molecule has 0 bridgehead atoms. The number of unbranched alkanes of at least 4 members (excludes halogenated alkanes) is 1. The Balaban J connectivity index is 4.02. The molecule has 0 unspecified atom stereocenters. The summed E-state index contributed by atoms with van der Waals surface area (Å²) in [5, 5.41) is 0. The van der Waals surface area contributed by atoms with Gasteiger partial charge in [0.15, 0.2) is 5.91 Å². The second-order valence-electron chi connectivity index (χ2n) is 3.43. The van der Waals surface area contributed by atoms with Gasteiger partial charge in [0.25, 0.3) is 0 Å². The van der Waals surface area contributed by atoms with Gasteiger partial charge in [0.05, 0.1) is 0 Å². The van der Waals surface area contributed by atoms with Gasteiger partial charge in [0, 0.05) is 18.8 Å². The fourth-order valence-electron chi connectivity index (χ4n) is 1.05. The van der Waals surface area contributed by atoms with E-state index in [1.54, 1.807) is 6.92 Å². The lowest BCUT2D eigenvalue weighted by Crippen LogP contribution is -2.28. The van der Waals surface area contributed by atoms with Crippen molar-refractivity contribution >= 4 is 15.7 Å². The van der Waals surface area contributed by atoms with Gasteiger partial charge in [-0.3, -0.25) is 0 Å². The summed E-state index contributed by atoms with van der Waals surface area (Å²) >= 11 is 0.